The molecule has 1 amide bonds. The van der Waals surface area contributed by atoms with Crippen LogP contribution in [0.4, 0.5) is 5.69 Å². The molecule has 3 aromatic heterocycles. The lowest BCUT2D eigenvalue weighted by atomic mass is 9.82. The summed E-state index contributed by atoms with van der Waals surface area (Å²) in [5.74, 6) is 0.227. The van der Waals surface area contributed by atoms with Crippen LogP contribution in [0.25, 0.3) is 27.3 Å². The summed E-state index contributed by atoms with van der Waals surface area (Å²) in [7, 11) is 0. The van der Waals surface area contributed by atoms with Crippen LogP contribution in [0.1, 0.15) is 55.1 Å². The Bertz CT molecular complexity index is 1410. The molecule has 0 saturated heterocycles. The molecule has 0 radical (unpaired) electrons. The summed E-state index contributed by atoms with van der Waals surface area (Å²) in [4.78, 5) is 33.2. The Morgan fingerprint density at radius 1 is 1.05 bits per heavy atom. The number of thiophene rings is 1. The number of amides is 1. The maximum Gasteiger partial charge on any atom is 0.348 e. The van der Waals surface area contributed by atoms with Gasteiger partial charge in [-0.1, -0.05) is 31.2 Å². The smallest absolute Gasteiger partial charge is 0.348 e. The van der Waals surface area contributed by atoms with Gasteiger partial charge in [-0.25, -0.2) is 14.3 Å². The largest absolute Gasteiger partial charge is 0.477 e. The van der Waals surface area contributed by atoms with E-state index in [1.807, 2.05) is 48.7 Å². The summed E-state index contributed by atoms with van der Waals surface area (Å²) in [6.07, 6.45) is 9.71. The highest BCUT2D eigenvalue weighted by Crippen LogP contribution is 2.41. The van der Waals surface area contributed by atoms with E-state index in [2.05, 4.69) is 17.0 Å². The van der Waals surface area contributed by atoms with E-state index in [0.717, 1.165) is 65.9 Å². The number of aromatic carboxylic acids is 1. The molecule has 0 spiro atoms. The standard InChI is InChI=1S/C29H30N4O3S/c1-18-3-7-22(8-4-18)28(34)32(17-19-5-6-19)24-16-25(37-27(24)29(35)36)21-11-9-20(10-12-21)23-15-26-30-13-2-14-33(26)31-23/h2,9-16,18-19,22H,3-8,17H2,1H3,(H,35,36)/t18-,22-. The number of hydrogen-bond donors (Lipinski definition) is 1. The summed E-state index contributed by atoms with van der Waals surface area (Å²) >= 11 is 1.24. The van der Waals surface area contributed by atoms with Crippen molar-refractivity contribution in [2.75, 3.05) is 11.4 Å². The van der Waals surface area contributed by atoms with E-state index in [1.54, 1.807) is 15.6 Å². The molecule has 4 aromatic rings. The van der Waals surface area contributed by atoms with E-state index in [-0.39, 0.29) is 16.7 Å². The second-order valence-electron chi connectivity index (χ2n) is 10.5. The Morgan fingerprint density at radius 3 is 2.46 bits per heavy atom. The fourth-order valence-corrected chi connectivity index (χ4v) is 6.25. The zero-order chi connectivity index (χ0) is 25.5. The van der Waals surface area contributed by atoms with Crippen LogP contribution in [0.15, 0.2) is 54.9 Å². The number of benzene rings is 1. The first kappa shape index (κ1) is 23.9. The highest BCUT2D eigenvalue weighted by atomic mass is 32.1. The van der Waals surface area contributed by atoms with Crippen LogP contribution >= 0.6 is 11.3 Å². The van der Waals surface area contributed by atoms with Gasteiger partial charge in [0, 0.05) is 41.4 Å². The number of anilines is 1. The van der Waals surface area contributed by atoms with Gasteiger partial charge < -0.3 is 10.0 Å². The molecule has 2 aliphatic carbocycles. The van der Waals surface area contributed by atoms with Crippen molar-refractivity contribution in [1.82, 2.24) is 14.6 Å². The molecule has 1 aromatic carbocycles. The Kier molecular flexibility index (Phi) is 6.28. The van der Waals surface area contributed by atoms with E-state index < -0.39 is 5.97 Å². The monoisotopic (exact) mass is 514 g/mol. The SMILES string of the molecule is C[C@H]1CC[C@H](C(=O)N(CC2CC2)c2cc(-c3ccc(-c4cc5ncccn5n4)cc3)sc2C(=O)O)CC1. The molecule has 7 nitrogen and oxygen atoms in total. The lowest BCUT2D eigenvalue weighted by Gasteiger charge is -2.31. The van der Waals surface area contributed by atoms with Crippen molar-refractivity contribution < 1.29 is 14.7 Å². The van der Waals surface area contributed by atoms with Gasteiger partial charge in [-0.05, 0) is 68.1 Å². The van der Waals surface area contributed by atoms with Crippen molar-refractivity contribution in [2.24, 2.45) is 17.8 Å². The predicted molar refractivity (Wildman–Crippen MR) is 145 cm³/mol. The van der Waals surface area contributed by atoms with Crippen LogP contribution in [-0.4, -0.2) is 38.1 Å². The quantitative estimate of drug-likeness (QED) is 0.309. The van der Waals surface area contributed by atoms with E-state index in [0.29, 0.717) is 24.1 Å². The summed E-state index contributed by atoms with van der Waals surface area (Å²) < 4.78 is 1.74. The van der Waals surface area contributed by atoms with Crippen LogP contribution < -0.4 is 4.90 Å². The minimum Gasteiger partial charge on any atom is -0.477 e. The van der Waals surface area contributed by atoms with Gasteiger partial charge in [0.2, 0.25) is 5.91 Å². The maximum absolute atomic E-state index is 13.7. The van der Waals surface area contributed by atoms with Crippen molar-refractivity contribution in [2.45, 2.75) is 45.4 Å². The first-order valence-electron chi connectivity index (χ1n) is 13.1. The van der Waals surface area contributed by atoms with Gasteiger partial charge in [-0.3, -0.25) is 4.79 Å². The fourth-order valence-electron chi connectivity index (χ4n) is 5.25. The van der Waals surface area contributed by atoms with Crippen molar-refractivity contribution in [3.8, 4) is 21.7 Å². The topological polar surface area (TPSA) is 87.8 Å². The lowest BCUT2D eigenvalue weighted by Crippen LogP contribution is -2.39. The molecule has 0 unspecified atom stereocenters. The number of fused-ring (bicyclic) bond motifs is 1. The van der Waals surface area contributed by atoms with E-state index in [1.165, 1.54) is 11.3 Å². The number of carboxylic acids is 1. The molecule has 6 rings (SSSR count). The molecule has 8 heteroatoms. The van der Waals surface area contributed by atoms with Crippen molar-refractivity contribution in [3.63, 3.8) is 0 Å². The molecule has 0 atom stereocenters. The van der Waals surface area contributed by atoms with Gasteiger partial charge >= 0.3 is 5.97 Å². The normalized spacial score (nSPS) is 19.7. The molecule has 2 aliphatic rings. The number of carbonyl (C=O) groups excluding carboxylic acids is 1. The average molecular weight is 515 g/mol. The molecule has 0 aliphatic heterocycles. The number of hydrogen-bond acceptors (Lipinski definition) is 5. The van der Waals surface area contributed by atoms with E-state index >= 15 is 0 Å². The molecule has 2 saturated carbocycles. The van der Waals surface area contributed by atoms with Crippen LogP contribution in [0.5, 0.6) is 0 Å². The van der Waals surface area contributed by atoms with Gasteiger partial charge in [0.15, 0.2) is 5.65 Å². The number of carbonyl (C=O) groups is 2. The van der Waals surface area contributed by atoms with Crippen LogP contribution in [0.2, 0.25) is 0 Å². The molecule has 0 bridgehead atoms. The highest BCUT2D eigenvalue weighted by Gasteiger charge is 2.35. The fraction of sp³-hybridized carbons (Fsp3) is 0.379. The number of nitrogens with zero attached hydrogens (tertiary/aromatic N) is 4. The molecule has 37 heavy (non-hydrogen) atoms. The maximum atomic E-state index is 13.7. The van der Waals surface area contributed by atoms with Crippen molar-refractivity contribution in [3.05, 3.63) is 59.7 Å². The third-order valence-electron chi connectivity index (χ3n) is 7.67. The van der Waals surface area contributed by atoms with Gasteiger partial charge in [0.25, 0.3) is 0 Å². The summed E-state index contributed by atoms with van der Waals surface area (Å²) in [6, 6.07) is 13.7. The summed E-state index contributed by atoms with van der Waals surface area (Å²) in [5, 5.41) is 14.7. The van der Waals surface area contributed by atoms with Crippen molar-refractivity contribution >= 4 is 34.5 Å². The summed E-state index contributed by atoms with van der Waals surface area (Å²) in [6.45, 7) is 2.86. The number of aromatic nitrogens is 3. The predicted octanol–water partition coefficient (Wildman–Crippen LogP) is 6.39. The second kappa shape index (κ2) is 9.74. The second-order valence-corrected chi connectivity index (χ2v) is 11.6. The number of carboxylic acid groups (broad SMARTS) is 1. The lowest BCUT2D eigenvalue weighted by molar-refractivity contribution is -0.123. The van der Waals surface area contributed by atoms with E-state index in [4.69, 9.17) is 0 Å². The minimum atomic E-state index is -0.981. The van der Waals surface area contributed by atoms with Gasteiger partial charge in [-0.15, -0.1) is 11.3 Å². The molecular formula is C29H30N4O3S. The van der Waals surface area contributed by atoms with Crippen LogP contribution in [-0.2, 0) is 4.79 Å². The zero-order valence-electron chi connectivity index (χ0n) is 20.8. The zero-order valence-corrected chi connectivity index (χ0v) is 21.7. The van der Waals surface area contributed by atoms with Crippen LogP contribution in [0, 0.1) is 17.8 Å². The third-order valence-corrected chi connectivity index (χ3v) is 8.83. The molecule has 3 heterocycles. The Morgan fingerprint density at radius 2 is 1.78 bits per heavy atom. The van der Waals surface area contributed by atoms with Gasteiger partial charge in [-0.2, -0.15) is 5.10 Å². The van der Waals surface area contributed by atoms with Gasteiger partial charge in [0.1, 0.15) is 4.88 Å². The first-order valence-corrected chi connectivity index (χ1v) is 13.9. The molecule has 1 N–H and O–H groups in total. The molecule has 190 valence electrons. The first-order chi connectivity index (χ1) is 18.0. The Balaban J connectivity index is 1.31. The third kappa shape index (κ3) is 4.90. The van der Waals surface area contributed by atoms with Gasteiger partial charge in [0.05, 0.1) is 11.4 Å². The van der Waals surface area contributed by atoms with E-state index in [9.17, 15) is 14.7 Å². The highest BCUT2D eigenvalue weighted by molar-refractivity contribution is 7.18. The molecule has 2 fully saturated rings. The Labute approximate surface area is 219 Å². The number of rotatable bonds is 7. The van der Waals surface area contributed by atoms with Crippen LogP contribution in [0.3, 0.4) is 0 Å². The average Bonchev–Trinajstić information content (AvgIpc) is 3.45. The minimum absolute atomic E-state index is 0.0147. The molecular weight excluding hydrogens is 484 g/mol. The van der Waals surface area contributed by atoms with Crippen molar-refractivity contribution in [1.29, 1.82) is 0 Å². The summed E-state index contributed by atoms with van der Waals surface area (Å²) in [5.41, 5.74) is 4.05. The Hall–Kier alpha value is -3.52.